The smallest absolute Gasteiger partial charge is 0.244 e. The largest absolute Gasteiger partial charge is 0.465 e. The maximum Gasteiger partial charge on any atom is 0.244 e. The van der Waals surface area contributed by atoms with Crippen LogP contribution in [0.4, 0.5) is 0 Å². The first kappa shape index (κ1) is 13.5. The summed E-state index contributed by atoms with van der Waals surface area (Å²) in [6, 6.07) is 3.95. The molecule has 2 bridgehead atoms. The lowest BCUT2D eigenvalue weighted by Gasteiger charge is -2.39. The summed E-state index contributed by atoms with van der Waals surface area (Å²) in [5.41, 5.74) is 0.557. The quantitative estimate of drug-likeness (QED) is 0.855. The minimum absolute atomic E-state index is 0.0176. The van der Waals surface area contributed by atoms with Gasteiger partial charge in [-0.3, -0.25) is 4.79 Å². The summed E-state index contributed by atoms with van der Waals surface area (Å²) in [4.78, 5) is 12.1. The Morgan fingerprint density at radius 2 is 2.25 bits per heavy atom. The SMILES string of the molecule is CC1(C)C2CCC1(C)C(NC(=O)C=Cc1ccco1)C2. The average Bonchev–Trinajstić information content (AvgIpc) is 3.02. The van der Waals surface area contributed by atoms with Crippen molar-refractivity contribution in [3.63, 3.8) is 0 Å². The lowest BCUT2D eigenvalue weighted by molar-refractivity contribution is -0.118. The van der Waals surface area contributed by atoms with Crippen LogP contribution >= 0.6 is 0 Å². The number of rotatable bonds is 3. The Hall–Kier alpha value is -1.51. The van der Waals surface area contributed by atoms with Gasteiger partial charge >= 0.3 is 0 Å². The van der Waals surface area contributed by atoms with E-state index >= 15 is 0 Å². The van der Waals surface area contributed by atoms with E-state index in [1.54, 1.807) is 18.4 Å². The molecular formula is C17H23NO2. The second-order valence-electron chi connectivity index (χ2n) is 7.02. The van der Waals surface area contributed by atoms with Gasteiger partial charge < -0.3 is 9.73 Å². The van der Waals surface area contributed by atoms with Crippen molar-refractivity contribution < 1.29 is 9.21 Å². The predicted molar refractivity (Wildman–Crippen MR) is 78.9 cm³/mol. The van der Waals surface area contributed by atoms with Crippen LogP contribution in [0.25, 0.3) is 6.08 Å². The van der Waals surface area contributed by atoms with E-state index in [0.29, 0.717) is 17.2 Å². The maximum atomic E-state index is 12.1. The molecule has 0 saturated heterocycles. The molecule has 3 atom stereocenters. The molecule has 20 heavy (non-hydrogen) atoms. The van der Waals surface area contributed by atoms with Crippen molar-refractivity contribution in [2.75, 3.05) is 0 Å². The standard InChI is InChI=1S/C17H23NO2/c1-16(2)12-8-9-17(16,3)14(11-12)18-15(19)7-6-13-5-4-10-20-13/h4-7,10,12,14H,8-9,11H2,1-3H3,(H,18,19). The van der Waals surface area contributed by atoms with E-state index in [1.807, 2.05) is 12.1 Å². The van der Waals surface area contributed by atoms with E-state index in [1.165, 1.54) is 12.8 Å². The molecule has 3 unspecified atom stereocenters. The molecule has 3 nitrogen and oxygen atoms in total. The molecule has 0 aliphatic heterocycles. The predicted octanol–water partition coefficient (Wildman–Crippen LogP) is 3.62. The molecule has 0 aromatic carbocycles. The Balaban J connectivity index is 1.66. The molecule has 108 valence electrons. The highest BCUT2D eigenvalue weighted by Gasteiger charge is 2.61. The van der Waals surface area contributed by atoms with Crippen LogP contribution in [0.2, 0.25) is 0 Å². The second-order valence-corrected chi connectivity index (χ2v) is 7.02. The normalized spacial score (nSPS) is 34.8. The molecule has 2 aliphatic carbocycles. The summed E-state index contributed by atoms with van der Waals surface area (Å²) in [5.74, 6) is 1.43. The van der Waals surface area contributed by atoms with E-state index in [2.05, 4.69) is 26.1 Å². The van der Waals surface area contributed by atoms with Crippen molar-refractivity contribution in [1.82, 2.24) is 5.32 Å². The molecule has 1 amide bonds. The third-order valence-electron chi connectivity index (χ3n) is 6.05. The van der Waals surface area contributed by atoms with Crippen LogP contribution in [0.3, 0.4) is 0 Å². The topological polar surface area (TPSA) is 42.2 Å². The van der Waals surface area contributed by atoms with Crippen molar-refractivity contribution in [2.45, 2.75) is 46.1 Å². The molecule has 1 aromatic rings. The van der Waals surface area contributed by atoms with Gasteiger partial charge in [0, 0.05) is 12.1 Å². The van der Waals surface area contributed by atoms with E-state index in [9.17, 15) is 4.79 Å². The molecule has 1 N–H and O–H groups in total. The van der Waals surface area contributed by atoms with Gasteiger partial charge in [0.25, 0.3) is 0 Å². The number of hydrogen-bond acceptors (Lipinski definition) is 2. The van der Waals surface area contributed by atoms with Gasteiger partial charge in [-0.25, -0.2) is 0 Å². The first-order valence-electron chi connectivity index (χ1n) is 7.45. The number of hydrogen-bond donors (Lipinski definition) is 1. The summed E-state index contributed by atoms with van der Waals surface area (Å²) >= 11 is 0. The van der Waals surface area contributed by atoms with Gasteiger partial charge in [0.05, 0.1) is 6.26 Å². The van der Waals surface area contributed by atoms with E-state index in [0.717, 1.165) is 12.3 Å². The summed E-state index contributed by atoms with van der Waals surface area (Å²) in [7, 11) is 0. The van der Waals surface area contributed by atoms with Crippen LogP contribution in [-0.2, 0) is 4.79 Å². The van der Waals surface area contributed by atoms with Crippen molar-refractivity contribution in [1.29, 1.82) is 0 Å². The minimum Gasteiger partial charge on any atom is -0.465 e. The highest BCUT2D eigenvalue weighted by molar-refractivity contribution is 5.91. The second kappa shape index (κ2) is 4.51. The van der Waals surface area contributed by atoms with Crippen LogP contribution in [0, 0.1) is 16.7 Å². The molecule has 3 heteroatoms. The van der Waals surface area contributed by atoms with Crippen molar-refractivity contribution >= 4 is 12.0 Å². The molecule has 0 spiro atoms. The van der Waals surface area contributed by atoms with E-state index in [4.69, 9.17) is 4.42 Å². The molecule has 0 radical (unpaired) electrons. The fraction of sp³-hybridized carbons (Fsp3) is 0.588. The van der Waals surface area contributed by atoms with Gasteiger partial charge in [-0.05, 0) is 54.2 Å². The average molecular weight is 273 g/mol. The zero-order chi connectivity index (χ0) is 14.4. The Morgan fingerprint density at radius 3 is 2.80 bits per heavy atom. The third kappa shape index (κ3) is 1.91. The summed E-state index contributed by atoms with van der Waals surface area (Å²) in [5, 5.41) is 3.20. The summed E-state index contributed by atoms with van der Waals surface area (Å²) < 4.78 is 5.19. The Bertz CT molecular complexity index is 529. The number of carbonyl (C=O) groups is 1. The van der Waals surface area contributed by atoms with Crippen molar-refractivity contribution in [3.05, 3.63) is 30.2 Å². The minimum atomic E-state index is -0.0176. The lowest BCUT2D eigenvalue weighted by atomic mass is 9.69. The highest BCUT2D eigenvalue weighted by atomic mass is 16.3. The van der Waals surface area contributed by atoms with Crippen LogP contribution in [0.1, 0.15) is 45.8 Å². The molecule has 1 heterocycles. The fourth-order valence-corrected chi connectivity index (χ4v) is 4.19. The zero-order valence-electron chi connectivity index (χ0n) is 12.5. The molecular weight excluding hydrogens is 250 g/mol. The van der Waals surface area contributed by atoms with Crippen LogP contribution in [-0.4, -0.2) is 11.9 Å². The molecule has 2 fully saturated rings. The molecule has 2 saturated carbocycles. The summed E-state index contributed by atoms with van der Waals surface area (Å²) in [6.07, 6.45) is 8.54. The Kier molecular flexibility index (Phi) is 3.03. The van der Waals surface area contributed by atoms with Crippen LogP contribution < -0.4 is 5.32 Å². The Labute approximate surface area is 120 Å². The van der Waals surface area contributed by atoms with Gasteiger partial charge in [-0.1, -0.05) is 20.8 Å². The Morgan fingerprint density at radius 1 is 1.45 bits per heavy atom. The number of amides is 1. The third-order valence-corrected chi connectivity index (χ3v) is 6.05. The number of nitrogens with one attached hydrogen (secondary N) is 1. The number of fused-ring (bicyclic) bond motifs is 2. The fourth-order valence-electron chi connectivity index (χ4n) is 4.19. The van der Waals surface area contributed by atoms with Crippen molar-refractivity contribution in [3.8, 4) is 0 Å². The first-order valence-corrected chi connectivity index (χ1v) is 7.45. The maximum absolute atomic E-state index is 12.1. The van der Waals surface area contributed by atoms with E-state index in [-0.39, 0.29) is 11.3 Å². The van der Waals surface area contributed by atoms with E-state index < -0.39 is 0 Å². The zero-order valence-corrected chi connectivity index (χ0v) is 12.5. The van der Waals surface area contributed by atoms with Gasteiger partial charge in [-0.15, -0.1) is 0 Å². The van der Waals surface area contributed by atoms with Gasteiger partial charge in [0.15, 0.2) is 0 Å². The number of furan rings is 1. The van der Waals surface area contributed by atoms with Crippen LogP contribution in [0.5, 0.6) is 0 Å². The first-order chi connectivity index (χ1) is 9.43. The van der Waals surface area contributed by atoms with Gasteiger partial charge in [0.2, 0.25) is 5.91 Å². The van der Waals surface area contributed by atoms with Crippen LogP contribution in [0.15, 0.2) is 28.9 Å². The van der Waals surface area contributed by atoms with Gasteiger partial charge in [-0.2, -0.15) is 0 Å². The molecule has 2 aliphatic rings. The van der Waals surface area contributed by atoms with Gasteiger partial charge in [0.1, 0.15) is 5.76 Å². The summed E-state index contributed by atoms with van der Waals surface area (Å²) in [6.45, 7) is 7.05. The van der Waals surface area contributed by atoms with Crippen molar-refractivity contribution in [2.24, 2.45) is 16.7 Å². The lowest BCUT2D eigenvalue weighted by Crippen LogP contribution is -2.46. The number of carbonyl (C=O) groups excluding carboxylic acids is 1. The highest BCUT2D eigenvalue weighted by Crippen LogP contribution is 2.65. The molecule has 1 aromatic heterocycles. The monoisotopic (exact) mass is 273 g/mol. The molecule has 3 rings (SSSR count).